The molecule has 0 heterocycles. The van der Waals surface area contributed by atoms with Crippen LogP contribution in [0.5, 0.6) is 0 Å². The molecule has 0 bridgehead atoms. The van der Waals surface area contributed by atoms with Gasteiger partial charge in [-0.25, -0.2) is 0 Å². The van der Waals surface area contributed by atoms with E-state index in [0.29, 0.717) is 6.42 Å². The molecule has 0 aromatic carbocycles. The van der Waals surface area contributed by atoms with E-state index < -0.39 is 15.9 Å². The zero-order valence-corrected chi connectivity index (χ0v) is 16.2. The minimum absolute atomic E-state index is 0.219. The lowest BCUT2D eigenvalue weighted by Crippen LogP contribution is -2.07. The molecule has 0 aliphatic heterocycles. The Kier molecular flexibility index (Phi) is 19.0. The van der Waals surface area contributed by atoms with Gasteiger partial charge in [-0.2, -0.15) is 0 Å². The number of unbranched alkanes of at least 4 members (excludes halogenated alkanes) is 14. The van der Waals surface area contributed by atoms with Crippen LogP contribution in [0.2, 0.25) is 0 Å². The molecule has 0 radical (unpaired) electrons. The zero-order chi connectivity index (χ0) is 16.3. The number of hydrogen-bond donors (Lipinski definition) is 1. The second-order valence-electron chi connectivity index (χ2n) is 6.35. The lowest BCUT2D eigenvalue weighted by Gasteiger charge is -2.04. The molecule has 0 fully saturated rings. The topological polar surface area (TPSA) is 46.5 Å². The highest BCUT2D eigenvalue weighted by Gasteiger charge is 2.02. The molecule has 0 rings (SSSR count). The van der Waals surface area contributed by atoms with Gasteiger partial charge >= 0.3 is 15.9 Å². The van der Waals surface area contributed by atoms with Crippen LogP contribution in [-0.4, -0.2) is 26.0 Å². The molecule has 0 aliphatic rings. The van der Waals surface area contributed by atoms with Crippen LogP contribution in [-0.2, 0) is 8.58 Å². The van der Waals surface area contributed by atoms with Crippen molar-refractivity contribution in [1.82, 2.24) is 0 Å². The summed E-state index contributed by atoms with van der Waals surface area (Å²) < 4.78 is 13.2. The quantitative estimate of drug-likeness (QED) is 0.300. The van der Waals surface area contributed by atoms with Crippen LogP contribution in [0.25, 0.3) is 0 Å². The zero-order valence-electron chi connectivity index (χ0n) is 14.8. The molecular formula is C18H37AlO3. The van der Waals surface area contributed by atoms with Gasteiger partial charge < -0.3 is 7.95 Å². The average Bonchev–Trinajstić information content (AvgIpc) is 2.51. The van der Waals surface area contributed by atoms with E-state index in [2.05, 4.69) is 10.7 Å². The smallest absolute Gasteiger partial charge is 0.598 e. The Morgan fingerprint density at radius 1 is 0.727 bits per heavy atom. The number of carbonyl (C=O) groups is 1. The molecule has 0 amide bonds. The highest BCUT2D eigenvalue weighted by Crippen LogP contribution is 2.13. The van der Waals surface area contributed by atoms with Gasteiger partial charge in [-0.15, -0.1) is 0 Å². The summed E-state index contributed by atoms with van der Waals surface area (Å²) >= 11 is -1.55. The van der Waals surface area contributed by atoms with Crippen molar-refractivity contribution in [1.29, 1.82) is 0 Å². The SMILES string of the molecule is CCCCCCCCCCCCCCCCCC(=O)[O][AlH][OH]. The van der Waals surface area contributed by atoms with Crippen molar-refractivity contribution in [2.24, 2.45) is 0 Å². The number of hydrogen-bond acceptors (Lipinski definition) is 3. The molecule has 0 atom stereocenters. The van der Waals surface area contributed by atoms with Crippen LogP contribution in [0.3, 0.4) is 0 Å². The molecule has 0 saturated carbocycles. The first-order chi connectivity index (χ1) is 10.8. The van der Waals surface area contributed by atoms with Gasteiger partial charge in [0.05, 0.1) is 0 Å². The molecule has 0 aliphatic carbocycles. The van der Waals surface area contributed by atoms with Crippen molar-refractivity contribution in [3.05, 3.63) is 0 Å². The van der Waals surface area contributed by atoms with Gasteiger partial charge in [-0.05, 0) is 6.42 Å². The predicted molar refractivity (Wildman–Crippen MR) is 95.0 cm³/mol. The van der Waals surface area contributed by atoms with E-state index in [1.165, 1.54) is 83.5 Å². The predicted octanol–water partition coefficient (Wildman–Crippen LogP) is 5.05. The van der Waals surface area contributed by atoms with Crippen LogP contribution in [0.4, 0.5) is 0 Å². The fraction of sp³-hybridized carbons (Fsp3) is 0.944. The molecule has 0 saturated heterocycles. The van der Waals surface area contributed by atoms with E-state index in [-0.39, 0.29) is 5.97 Å². The van der Waals surface area contributed by atoms with E-state index in [1.807, 2.05) is 0 Å². The van der Waals surface area contributed by atoms with Crippen LogP contribution in [0.1, 0.15) is 110 Å². The largest absolute Gasteiger partial charge is 0.739 e. The first-order valence-corrected chi connectivity index (χ1v) is 10.8. The van der Waals surface area contributed by atoms with Crippen molar-refractivity contribution >= 4 is 21.9 Å². The molecular weight excluding hydrogens is 291 g/mol. The van der Waals surface area contributed by atoms with Gasteiger partial charge in [-0.3, -0.25) is 4.79 Å². The van der Waals surface area contributed by atoms with Crippen LogP contribution < -0.4 is 0 Å². The van der Waals surface area contributed by atoms with Crippen LogP contribution >= 0.6 is 0 Å². The van der Waals surface area contributed by atoms with E-state index in [4.69, 9.17) is 4.16 Å². The maximum atomic E-state index is 11.0. The molecule has 22 heavy (non-hydrogen) atoms. The Bertz CT molecular complexity index is 234. The maximum absolute atomic E-state index is 11.0. The average molecular weight is 328 g/mol. The fourth-order valence-electron chi connectivity index (χ4n) is 2.78. The highest BCUT2D eigenvalue weighted by atomic mass is 27.2. The van der Waals surface area contributed by atoms with Gasteiger partial charge in [-0.1, -0.05) is 96.8 Å². The van der Waals surface area contributed by atoms with Gasteiger partial charge in [0, 0.05) is 6.42 Å². The summed E-state index contributed by atoms with van der Waals surface area (Å²) in [4.78, 5) is 11.0. The fourth-order valence-corrected chi connectivity index (χ4v) is 3.07. The summed E-state index contributed by atoms with van der Waals surface area (Å²) in [5.41, 5.74) is 0. The van der Waals surface area contributed by atoms with Crippen molar-refractivity contribution in [3.8, 4) is 0 Å². The Morgan fingerprint density at radius 2 is 1.09 bits per heavy atom. The monoisotopic (exact) mass is 328 g/mol. The second-order valence-corrected chi connectivity index (χ2v) is 6.89. The maximum Gasteiger partial charge on any atom is 0.739 e. The molecule has 3 nitrogen and oxygen atoms in total. The van der Waals surface area contributed by atoms with Crippen LogP contribution in [0, 0.1) is 0 Å². The minimum atomic E-state index is -1.55. The first-order valence-electron chi connectivity index (χ1n) is 9.57. The van der Waals surface area contributed by atoms with Gasteiger partial charge in [0.25, 0.3) is 5.97 Å². The van der Waals surface area contributed by atoms with Gasteiger partial charge in [0.15, 0.2) is 0 Å². The third kappa shape index (κ3) is 18.0. The highest BCUT2D eigenvalue weighted by molar-refractivity contribution is 6.20. The summed E-state index contributed by atoms with van der Waals surface area (Å²) in [7, 11) is 0. The summed E-state index contributed by atoms with van der Waals surface area (Å²) in [6.07, 6.45) is 20.4. The van der Waals surface area contributed by atoms with Crippen molar-refractivity contribution < 1.29 is 12.7 Å². The molecule has 0 aromatic rings. The molecule has 130 valence electrons. The summed E-state index contributed by atoms with van der Waals surface area (Å²) in [5.74, 6) is -0.219. The summed E-state index contributed by atoms with van der Waals surface area (Å²) in [6, 6.07) is 0. The molecule has 4 heteroatoms. The molecule has 1 N–H and O–H groups in total. The standard InChI is InChI=1S/C18H36O2.Al.H2O.H/c1-2-3-4-5-6-7-8-9-10-11-12-13-14-15-16-17-18(19)20;;;/h2-17H2,1H3,(H,19,20);;1H2;/q;+2;;/p-2. The molecule has 0 aromatic heterocycles. The van der Waals surface area contributed by atoms with Crippen LogP contribution in [0.15, 0.2) is 0 Å². The summed E-state index contributed by atoms with van der Waals surface area (Å²) in [6.45, 7) is 2.27. The Labute approximate surface area is 144 Å². The third-order valence-corrected chi connectivity index (χ3v) is 4.66. The van der Waals surface area contributed by atoms with Crippen molar-refractivity contribution in [2.45, 2.75) is 110 Å². The Morgan fingerprint density at radius 3 is 1.45 bits per heavy atom. The molecule has 0 unspecified atom stereocenters. The van der Waals surface area contributed by atoms with E-state index >= 15 is 0 Å². The Hall–Kier alpha value is -0.0375. The lowest BCUT2D eigenvalue weighted by molar-refractivity contribution is -0.135. The van der Waals surface area contributed by atoms with Crippen molar-refractivity contribution in [2.75, 3.05) is 0 Å². The lowest BCUT2D eigenvalue weighted by atomic mass is 10.0. The van der Waals surface area contributed by atoms with E-state index in [9.17, 15) is 4.79 Å². The van der Waals surface area contributed by atoms with E-state index in [1.54, 1.807) is 0 Å². The second kappa shape index (κ2) is 19.0. The summed E-state index contributed by atoms with van der Waals surface area (Å²) in [5, 5.41) is 0. The third-order valence-electron chi connectivity index (χ3n) is 4.21. The van der Waals surface area contributed by atoms with Gasteiger partial charge in [0.1, 0.15) is 0 Å². The van der Waals surface area contributed by atoms with Gasteiger partial charge in [0.2, 0.25) is 0 Å². The minimum Gasteiger partial charge on any atom is -0.598 e. The van der Waals surface area contributed by atoms with Crippen molar-refractivity contribution in [3.63, 3.8) is 0 Å². The number of carbonyl (C=O) groups excluding carboxylic acids is 1. The number of rotatable bonds is 17. The normalized spacial score (nSPS) is 10.6. The first kappa shape index (κ1) is 22.0. The molecule has 0 spiro atoms. The Balaban J connectivity index is 3.01. The van der Waals surface area contributed by atoms with E-state index in [0.717, 1.165) is 12.8 Å².